The molecule has 2 aromatic rings. The zero-order chi connectivity index (χ0) is 20.6. The first-order chi connectivity index (χ1) is 13.3. The lowest BCUT2D eigenvalue weighted by atomic mass is 10.1. The fourth-order valence-electron chi connectivity index (χ4n) is 2.95. The molecule has 0 spiro atoms. The maximum atomic E-state index is 12.2. The van der Waals surface area contributed by atoms with Gasteiger partial charge in [0.15, 0.2) is 0 Å². The van der Waals surface area contributed by atoms with Gasteiger partial charge in [0.2, 0.25) is 15.9 Å². The van der Waals surface area contributed by atoms with Gasteiger partial charge in [-0.1, -0.05) is 48.0 Å². The van der Waals surface area contributed by atoms with Gasteiger partial charge in [-0.2, -0.15) is 0 Å². The predicted octanol–water partition coefficient (Wildman–Crippen LogP) is 4.02. The van der Waals surface area contributed by atoms with Crippen molar-refractivity contribution in [3.8, 4) is 0 Å². The van der Waals surface area contributed by atoms with Gasteiger partial charge < -0.3 is 5.32 Å². The molecule has 5 nitrogen and oxygen atoms in total. The number of amides is 1. The van der Waals surface area contributed by atoms with E-state index in [1.54, 1.807) is 24.3 Å². The fourth-order valence-corrected chi connectivity index (χ4v) is 4.09. The highest BCUT2D eigenvalue weighted by Gasteiger charge is 2.18. The molecule has 0 fully saturated rings. The number of nitrogens with zero attached hydrogens (tertiary/aromatic N) is 1. The molecule has 0 heterocycles. The zero-order valence-corrected chi connectivity index (χ0v) is 17.8. The van der Waals surface area contributed by atoms with E-state index in [4.69, 9.17) is 11.6 Å². The Labute approximate surface area is 172 Å². The first kappa shape index (κ1) is 22.2. The largest absolute Gasteiger partial charge is 0.354 e. The first-order valence-corrected chi connectivity index (χ1v) is 11.5. The smallest absolute Gasteiger partial charge is 0.232 e. The Morgan fingerprint density at radius 2 is 1.86 bits per heavy atom. The minimum Gasteiger partial charge on any atom is -0.354 e. The number of anilines is 1. The summed E-state index contributed by atoms with van der Waals surface area (Å²) in [6, 6.07) is 16.9. The number of hydrogen-bond acceptors (Lipinski definition) is 3. The molecule has 1 atom stereocenters. The van der Waals surface area contributed by atoms with Crippen molar-refractivity contribution in [2.45, 2.75) is 38.6 Å². The monoisotopic (exact) mass is 422 g/mol. The van der Waals surface area contributed by atoms with Gasteiger partial charge >= 0.3 is 0 Å². The van der Waals surface area contributed by atoms with Crippen LogP contribution in [0.4, 0.5) is 5.69 Å². The number of aryl methyl sites for hydroxylation is 1. The van der Waals surface area contributed by atoms with Crippen LogP contribution in [-0.2, 0) is 21.2 Å². The van der Waals surface area contributed by atoms with Gasteiger partial charge in [-0.3, -0.25) is 9.10 Å². The van der Waals surface area contributed by atoms with Gasteiger partial charge in [-0.25, -0.2) is 8.42 Å². The molecule has 0 aliphatic rings. The van der Waals surface area contributed by atoms with E-state index in [1.807, 2.05) is 25.1 Å². The lowest BCUT2D eigenvalue weighted by Gasteiger charge is -2.22. The molecule has 1 N–H and O–H groups in total. The van der Waals surface area contributed by atoms with Crippen LogP contribution in [0.2, 0.25) is 5.02 Å². The topological polar surface area (TPSA) is 66.5 Å². The van der Waals surface area contributed by atoms with Gasteiger partial charge in [-0.05, 0) is 49.9 Å². The van der Waals surface area contributed by atoms with Crippen molar-refractivity contribution in [2.24, 2.45) is 0 Å². The second-order valence-electron chi connectivity index (χ2n) is 6.91. The molecule has 0 saturated carbocycles. The molecule has 0 aliphatic carbocycles. The van der Waals surface area contributed by atoms with Crippen LogP contribution < -0.4 is 9.62 Å². The van der Waals surface area contributed by atoms with E-state index >= 15 is 0 Å². The Morgan fingerprint density at radius 3 is 2.50 bits per heavy atom. The van der Waals surface area contributed by atoms with Crippen molar-refractivity contribution >= 4 is 33.2 Å². The highest BCUT2D eigenvalue weighted by Crippen LogP contribution is 2.22. The number of nitrogens with one attached hydrogen (secondary N) is 1. The van der Waals surface area contributed by atoms with Crippen molar-refractivity contribution in [3.05, 3.63) is 65.2 Å². The van der Waals surface area contributed by atoms with E-state index in [-0.39, 0.29) is 24.9 Å². The molecule has 2 rings (SSSR count). The molecule has 0 unspecified atom stereocenters. The summed E-state index contributed by atoms with van der Waals surface area (Å²) in [6.07, 6.45) is 3.60. The van der Waals surface area contributed by atoms with E-state index in [0.717, 1.165) is 19.1 Å². The number of benzene rings is 2. The van der Waals surface area contributed by atoms with Crippen molar-refractivity contribution in [1.29, 1.82) is 0 Å². The van der Waals surface area contributed by atoms with Crippen LogP contribution in [0.3, 0.4) is 0 Å². The summed E-state index contributed by atoms with van der Waals surface area (Å²) in [7, 11) is -3.45. The number of hydrogen-bond donors (Lipinski definition) is 1. The minimum absolute atomic E-state index is 0.0617. The number of sulfonamides is 1. The van der Waals surface area contributed by atoms with Crippen LogP contribution in [0.5, 0.6) is 0 Å². The Kier molecular flexibility index (Phi) is 8.33. The normalized spacial score (nSPS) is 12.4. The first-order valence-electron chi connectivity index (χ1n) is 9.32. The molecule has 0 aromatic heterocycles. The SMILES string of the molecule is C[C@H](CCc1ccccc1)NC(=O)CCCN(c1cccc(Cl)c1)S(C)(=O)=O. The van der Waals surface area contributed by atoms with Crippen LogP contribution in [0.25, 0.3) is 0 Å². The van der Waals surface area contributed by atoms with Crippen molar-refractivity contribution in [1.82, 2.24) is 5.32 Å². The summed E-state index contributed by atoms with van der Waals surface area (Å²) in [4.78, 5) is 12.2. The molecule has 28 heavy (non-hydrogen) atoms. The third-order valence-corrected chi connectivity index (χ3v) is 5.81. The summed E-state index contributed by atoms with van der Waals surface area (Å²) in [5.74, 6) is -0.0693. The highest BCUT2D eigenvalue weighted by molar-refractivity contribution is 7.92. The number of rotatable bonds is 10. The van der Waals surface area contributed by atoms with Crippen molar-refractivity contribution in [3.63, 3.8) is 0 Å². The molecule has 2 aromatic carbocycles. The van der Waals surface area contributed by atoms with E-state index in [0.29, 0.717) is 17.1 Å². The Balaban J connectivity index is 1.80. The highest BCUT2D eigenvalue weighted by atomic mass is 35.5. The van der Waals surface area contributed by atoms with Crippen LogP contribution in [0.1, 0.15) is 31.7 Å². The van der Waals surface area contributed by atoms with Crippen LogP contribution in [0.15, 0.2) is 54.6 Å². The predicted molar refractivity (Wildman–Crippen MR) is 115 cm³/mol. The Bertz CT molecular complexity index is 872. The summed E-state index contributed by atoms with van der Waals surface area (Å²) in [6.45, 7) is 2.21. The van der Waals surface area contributed by atoms with Gasteiger partial charge in [0, 0.05) is 24.0 Å². The van der Waals surface area contributed by atoms with Gasteiger partial charge in [0.1, 0.15) is 0 Å². The lowest BCUT2D eigenvalue weighted by Crippen LogP contribution is -2.35. The minimum atomic E-state index is -3.45. The molecule has 0 radical (unpaired) electrons. The molecule has 0 saturated heterocycles. The van der Waals surface area contributed by atoms with E-state index in [9.17, 15) is 13.2 Å². The van der Waals surface area contributed by atoms with Crippen molar-refractivity contribution < 1.29 is 13.2 Å². The molecular weight excluding hydrogens is 396 g/mol. The molecule has 0 bridgehead atoms. The zero-order valence-electron chi connectivity index (χ0n) is 16.3. The molecular formula is C21H27ClN2O3S. The number of carbonyl (C=O) groups excluding carboxylic acids is 1. The molecule has 152 valence electrons. The maximum absolute atomic E-state index is 12.2. The summed E-state index contributed by atoms with van der Waals surface area (Å²) >= 11 is 5.97. The van der Waals surface area contributed by atoms with Crippen molar-refractivity contribution in [2.75, 3.05) is 17.1 Å². The van der Waals surface area contributed by atoms with Gasteiger partial charge in [0.05, 0.1) is 11.9 Å². The quantitative estimate of drug-likeness (QED) is 0.628. The van der Waals surface area contributed by atoms with E-state index in [2.05, 4.69) is 17.4 Å². The standard InChI is InChI=1S/C21H27ClN2O3S/c1-17(13-14-18-8-4-3-5-9-18)23-21(25)12-7-15-24(28(2,26)27)20-11-6-10-19(22)16-20/h3-6,8-11,16-17H,7,12-15H2,1-2H3,(H,23,25)/t17-/m1/s1. The maximum Gasteiger partial charge on any atom is 0.232 e. The van der Waals surface area contributed by atoms with Gasteiger partial charge in [-0.15, -0.1) is 0 Å². The Morgan fingerprint density at radius 1 is 1.14 bits per heavy atom. The summed E-state index contributed by atoms with van der Waals surface area (Å²) < 4.78 is 25.5. The molecule has 0 aliphatic heterocycles. The number of carbonyl (C=O) groups is 1. The van der Waals surface area contributed by atoms with E-state index in [1.165, 1.54) is 9.87 Å². The Hall–Kier alpha value is -2.05. The lowest BCUT2D eigenvalue weighted by molar-refractivity contribution is -0.121. The van der Waals surface area contributed by atoms with Gasteiger partial charge in [0.25, 0.3) is 0 Å². The second kappa shape index (κ2) is 10.5. The molecule has 1 amide bonds. The average molecular weight is 423 g/mol. The fraction of sp³-hybridized carbons (Fsp3) is 0.381. The summed E-state index contributed by atoms with van der Waals surface area (Å²) in [5.41, 5.74) is 1.75. The third kappa shape index (κ3) is 7.52. The average Bonchev–Trinajstić information content (AvgIpc) is 2.63. The van der Waals surface area contributed by atoms with E-state index < -0.39 is 10.0 Å². The molecule has 7 heteroatoms. The van der Waals surface area contributed by atoms with Crippen LogP contribution >= 0.6 is 11.6 Å². The summed E-state index contributed by atoms with van der Waals surface area (Å²) in [5, 5.41) is 3.45. The number of halogens is 1. The van der Waals surface area contributed by atoms with Crippen LogP contribution in [-0.4, -0.2) is 33.2 Å². The second-order valence-corrected chi connectivity index (χ2v) is 9.25. The third-order valence-electron chi connectivity index (χ3n) is 4.38. The van der Waals surface area contributed by atoms with Crippen LogP contribution in [0, 0.1) is 0 Å².